The van der Waals surface area contributed by atoms with Gasteiger partial charge in [-0.15, -0.1) is 0 Å². The van der Waals surface area contributed by atoms with Crippen molar-refractivity contribution in [2.24, 2.45) is 0 Å². The van der Waals surface area contributed by atoms with Crippen molar-refractivity contribution in [1.82, 2.24) is 14.8 Å². The molecule has 120 valence electrons. The van der Waals surface area contributed by atoms with Crippen molar-refractivity contribution in [3.63, 3.8) is 0 Å². The van der Waals surface area contributed by atoms with Gasteiger partial charge >= 0.3 is 6.18 Å². The minimum Gasteiger partial charge on any atom is -0.223 e. The Bertz CT molecular complexity index is 696. The highest BCUT2D eigenvalue weighted by atomic mass is 79.9. The quantitative estimate of drug-likeness (QED) is 0.591. The second-order valence-electron chi connectivity index (χ2n) is 4.50. The average Bonchev–Trinajstić information content (AvgIpc) is 3.10. The number of aromatic nitrogens is 3. The molecule has 2 aromatic carbocycles. The monoisotopic (exact) mass is 383 g/mol. The smallest absolute Gasteiger partial charge is 0.223 e. The molecule has 0 saturated heterocycles. The minimum atomic E-state index is -4.21. The van der Waals surface area contributed by atoms with E-state index in [1.165, 1.54) is 24.0 Å². The van der Waals surface area contributed by atoms with Gasteiger partial charge in [-0.3, -0.25) is 0 Å². The summed E-state index contributed by atoms with van der Waals surface area (Å²) in [6.45, 7) is 0. The first-order chi connectivity index (χ1) is 11.0. The molecule has 0 saturated carbocycles. The van der Waals surface area contributed by atoms with Crippen LogP contribution in [0.4, 0.5) is 13.2 Å². The van der Waals surface area contributed by atoms with E-state index in [1.54, 1.807) is 17.1 Å². The Labute approximate surface area is 139 Å². The Morgan fingerprint density at radius 2 is 1.61 bits per heavy atom. The number of halogens is 4. The molecule has 0 aliphatic carbocycles. The first kappa shape index (κ1) is 17.2. The molecule has 0 spiro atoms. The van der Waals surface area contributed by atoms with Crippen LogP contribution in [0.25, 0.3) is 5.69 Å². The molecule has 23 heavy (non-hydrogen) atoms. The molecular formula is C16H13BrF3N3. The molecule has 0 fully saturated rings. The van der Waals surface area contributed by atoms with Crippen molar-refractivity contribution in [1.29, 1.82) is 0 Å². The summed E-state index contributed by atoms with van der Waals surface area (Å²) in [7, 11) is 0. The van der Waals surface area contributed by atoms with Gasteiger partial charge in [0.15, 0.2) is 0 Å². The van der Waals surface area contributed by atoms with E-state index in [-0.39, 0.29) is 0 Å². The Morgan fingerprint density at radius 3 is 2.04 bits per heavy atom. The molecule has 0 aliphatic heterocycles. The fourth-order valence-electron chi connectivity index (χ4n) is 1.71. The Kier molecular flexibility index (Phi) is 5.92. The van der Waals surface area contributed by atoms with Gasteiger partial charge in [0.2, 0.25) is 0 Å². The first-order valence-corrected chi connectivity index (χ1v) is 7.75. The zero-order chi connectivity index (χ0) is 16.7. The van der Waals surface area contributed by atoms with Gasteiger partial charge in [-0.1, -0.05) is 58.4 Å². The molecular weight excluding hydrogens is 371 g/mol. The summed E-state index contributed by atoms with van der Waals surface area (Å²) in [6, 6.07) is 14.5. The van der Waals surface area contributed by atoms with Crippen molar-refractivity contribution in [3.8, 4) is 5.69 Å². The highest BCUT2D eigenvalue weighted by molar-refractivity contribution is 9.08. The van der Waals surface area contributed by atoms with Gasteiger partial charge in [0.05, 0.1) is 11.3 Å². The lowest BCUT2D eigenvalue weighted by atomic mass is 10.2. The molecule has 0 unspecified atom stereocenters. The number of rotatable bonds is 2. The van der Waals surface area contributed by atoms with Crippen LogP contribution in [-0.2, 0) is 11.5 Å². The predicted molar refractivity (Wildman–Crippen MR) is 85.4 cm³/mol. The first-order valence-electron chi connectivity index (χ1n) is 6.63. The summed E-state index contributed by atoms with van der Waals surface area (Å²) < 4.78 is 37.1. The van der Waals surface area contributed by atoms with Crippen LogP contribution < -0.4 is 0 Å². The molecule has 3 nitrogen and oxygen atoms in total. The number of alkyl halides is 4. The molecule has 7 heteroatoms. The van der Waals surface area contributed by atoms with E-state index in [4.69, 9.17) is 0 Å². The molecule has 1 heterocycles. The van der Waals surface area contributed by atoms with Gasteiger partial charge in [0.25, 0.3) is 0 Å². The van der Waals surface area contributed by atoms with E-state index in [0.717, 1.165) is 23.2 Å². The molecule has 0 N–H and O–H groups in total. The fraction of sp³-hybridized carbons (Fsp3) is 0.125. The van der Waals surface area contributed by atoms with Crippen molar-refractivity contribution >= 4 is 15.9 Å². The molecule has 0 bridgehead atoms. The second-order valence-corrected chi connectivity index (χ2v) is 5.06. The zero-order valence-electron chi connectivity index (χ0n) is 11.9. The highest BCUT2D eigenvalue weighted by Crippen LogP contribution is 2.28. The number of benzene rings is 2. The highest BCUT2D eigenvalue weighted by Gasteiger charge is 2.29. The third-order valence-corrected chi connectivity index (χ3v) is 3.52. The van der Waals surface area contributed by atoms with Crippen LogP contribution in [0.1, 0.15) is 11.1 Å². The molecule has 3 aromatic rings. The third-order valence-electron chi connectivity index (χ3n) is 2.88. The van der Waals surface area contributed by atoms with E-state index >= 15 is 0 Å². The Balaban J connectivity index is 0.000000174. The van der Waals surface area contributed by atoms with Crippen molar-refractivity contribution in [2.75, 3.05) is 0 Å². The van der Waals surface area contributed by atoms with E-state index in [1.807, 2.05) is 12.1 Å². The Morgan fingerprint density at radius 1 is 0.957 bits per heavy atom. The van der Waals surface area contributed by atoms with E-state index < -0.39 is 11.7 Å². The van der Waals surface area contributed by atoms with Crippen LogP contribution >= 0.6 is 15.9 Å². The lowest BCUT2D eigenvalue weighted by molar-refractivity contribution is -0.137. The van der Waals surface area contributed by atoms with Gasteiger partial charge in [-0.25, -0.2) is 9.67 Å². The summed E-state index contributed by atoms with van der Waals surface area (Å²) in [6.07, 6.45) is -0.997. The molecule has 0 atom stereocenters. The number of hydrogen-bond donors (Lipinski definition) is 0. The van der Waals surface area contributed by atoms with Crippen LogP contribution in [0.15, 0.2) is 67.3 Å². The van der Waals surface area contributed by atoms with Gasteiger partial charge in [-0.2, -0.15) is 18.3 Å². The normalized spacial score (nSPS) is 10.8. The van der Waals surface area contributed by atoms with Crippen LogP contribution in [0.3, 0.4) is 0 Å². The molecule has 0 amide bonds. The second kappa shape index (κ2) is 7.92. The summed E-state index contributed by atoms with van der Waals surface area (Å²) in [5, 5.41) is 4.92. The maximum Gasteiger partial charge on any atom is 0.416 e. The maximum atomic E-state index is 11.8. The Hall–Kier alpha value is -2.15. The zero-order valence-corrected chi connectivity index (χ0v) is 13.5. The topological polar surface area (TPSA) is 30.7 Å². The van der Waals surface area contributed by atoms with Gasteiger partial charge < -0.3 is 0 Å². The molecule has 1 aromatic heterocycles. The maximum absolute atomic E-state index is 11.8. The van der Waals surface area contributed by atoms with E-state index in [0.29, 0.717) is 0 Å². The summed E-state index contributed by atoms with van der Waals surface area (Å²) in [5.74, 6) is 0. The summed E-state index contributed by atoms with van der Waals surface area (Å²) in [5.41, 5.74) is 1.68. The fourth-order valence-corrected chi connectivity index (χ4v) is 2.08. The van der Waals surface area contributed by atoms with Gasteiger partial charge in [-0.05, 0) is 17.7 Å². The standard InChI is InChI=1S/C9H8BrN3.C7H5F3/c10-5-8-1-3-9(4-2-8)13-7-11-6-12-13;8-7(9,10)6-4-2-1-3-5-6/h1-4,6-7H,5H2;1-5H. The van der Waals surface area contributed by atoms with Crippen LogP contribution in [-0.4, -0.2) is 14.8 Å². The van der Waals surface area contributed by atoms with Crippen molar-refractivity contribution in [3.05, 3.63) is 78.4 Å². The van der Waals surface area contributed by atoms with Gasteiger partial charge in [0.1, 0.15) is 12.7 Å². The van der Waals surface area contributed by atoms with Crippen LogP contribution in [0, 0.1) is 0 Å². The number of hydrogen-bond acceptors (Lipinski definition) is 2. The van der Waals surface area contributed by atoms with Crippen LogP contribution in [0.2, 0.25) is 0 Å². The molecule has 3 rings (SSSR count). The predicted octanol–water partition coefficient (Wildman–Crippen LogP) is 4.87. The van der Waals surface area contributed by atoms with Crippen molar-refractivity contribution < 1.29 is 13.2 Å². The lowest BCUT2D eigenvalue weighted by Gasteiger charge is -2.03. The van der Waals surface area contributed by atoms with Crippen LogP contribution in [0.5, 0.6) is 0 Å². The SMILES string of the molecule is BrCc1ccc(-n2cncn2)cc1.FC(F)(F)c1ccccc1. The summed E-state index contributed by atoms with van der Waals surface area (Å²) >= 11 is 3.40. The summed E-state index contributed by atoms with van der Waals surface area (Å²) in [4.78, 5) is 3.88. The largest absolute Gasteiger partial charge is 0.416 e. The lowest BCUT2D eigenvalue weighted by Crippen LogP contribution is -2.03. The molecule has 0 aliphatic rings. The molecule has 0 radical (unpaired) electrons. The third kappa shape index (κ3) is 5.21. The minimum absolute atomic E-state index is 0.602. The van der Waals surface area contributed by atoms with E-state index in [2.05, 4.69) is 38.1 Å². The number of nitrogens with zero attached hydrogens (tertiary/aromatic N) is 3. The van der Waals surface area contributed by atoms with E-state index in [9.17, 15) is 13.2 Å². The van der Waals surface area contributed by atoms with Gasteiger partial charge in [0, 0.05) is 5.33 Å². The van der Waals surface area contributed by atoms with Crippen molar-refractivity contribution in [2.45, 2.75) is 11.5 Å². The average molecular weight is 384 g/mol.